The summed E-state index contributed by atoms with van der Waals surface area (Å²) in [4.78, 5) is 17.7. The molecule has 1 fully saturated rings. The third-order valence-electron chi connectivity index (χ3n) is 4.03. The van der Waals surface area contributed by atoms with E-state index in [1.807, 2.05) is 13.8 Å². The first-order valence-electron chi connectivity index (χ1n) is 7.92. The molecule has 1 aliphatic heterocycles. The van der Waals surface area contributed by atoms with Gasteiger partial charge in [-0.1, -0.05) is 11.6 Å². The van der Waals surface area contributed by atoms with Crippen LogP contribution in [0.3, 0.4) is 0 Å². The number of benzene rings is 1. The summed E-state index contributed by atoms with van der Waals surface area (Å²) in [5.74, 6) is -0.436. The molecule has 1 amide bonds. The second-order valence-electron chi connectivity index (χ2n) is 5.78. The Labute approximate surface area is 161 Å². The van der Waals surface area contributed by atoms with Gasteiger partial charge in [0.15, 0.2) is 5.13 Å². The standard InChI is InChI=1S/C16H18ClN3O4S2/c1-10-11(2)25-16(18-10)19-15(21)12-3-4-13(17)14(9-12)26(22,23)20-5-7-24-8-6-20/h3-4,9H,5-8H2,1-2H3,(H,18,19,21). The third-order valence-corrected chi connectivity index (χ3v) is 7.40. The second-order valence-corrected chi connectivity index (χ2v) is 9.29. The summed E-state index contributed by atoms with van der Waals surface area (Å²) in [6, 6.07) is 4.21. The molecule has 0 unspecified atom stereocenters. The number of nitrogens with one attached hydrogen (secondary N) is 1. The summed E-state index contributed by atoms with van der Waals surface area (Å²) in [5.41, 5.74) is 1.05. The number of hydrogen-bond acceptors (Lipinski definition) is 6. The number of carbonyl (C=O) groups is 1. The van der Waals surface area contributed by atoms with Gasteiger partial charge in [0, 0.05) is 23.5 Å². The summed E-state index contributed by atoms with van der Waals surface area (Å²) in [5, 5.41) is 3.24. The third kappa shape index (κ3) is 3.91. The number of hydrogen-bond donors (Lipinski definition) is 1. The van der Waals surface area contributed by atoms with Crippen LogP contribution in [0.4, 0.5) is 5.13 Å². The molecule has 0 atom stereocenters. The minimum atomic E-state index is -3.80. The van der Waals surface area contributed by atoms with Gasteiger partial charge in [0.25, 0.3) is 5.91 Å². The van der Waals surface area contributed by atoms with Crippen molar-refractivity contribution in [1.82, 2.24) is 9.29 Å². The number of anilines is 1. The van der Waals surface area contributed by atoms with Crippen molar-refractivity contribution in [1.29, 1.82) is 0 Å². The Hall–Kier alpha value is -1.52. The number of halogens is 1. The van der Waals surface area contributed by atoms with E-state index in [1.165, 1.54) is 33.8 Å². The molecule has 1 aliphatic rings. The average molecular weight is 416 g/mol. The van der Waals surface area contributed by atoms with Crippen molar-refractivity contribution < 1.29 is 17.9 Å². The van der Waals surface area contributed by atoms with Gasteiger partial charge in [-0.15, -0.1) is 11.3 Å². The molecule has 3 rings (SSSR count). The molecule has 2 heterocycles. The van der Waals surface area contributed by atoms with E-state index >= 15 is 0 Å². The van der Waals surface area contributed by atoms with Gasteiger partial charge in [-0.2, -0.15) is 4.31 Å². The normalized spacial score (nSPS) is 15.8. The van der Waals surface area contributed by atoms with E-state index in [9.17, 15) is 13.2 Å². The minimum Gasteiger partial charge on any atom is -0.379 e. The van der Waals surface area contributed by atoms with Crippen molar-refractivity contribution in [2.45, 2.75) is 18.7 Å². The Morgan fingerprint density at radius 1 is 1.31 bits per heavy atom. The van der Waals surface area contributed by atoms with Crippen LogP contribution in [0.5, 0.6) is 0 Å². The highest BCUT2D eigenvalue weighted by atomic mass is 35.5. The van der Waals surface area contributed by atoms with Gasteiger partial charge in [-0.05, 0) is 32.0 Å². The lowest BCUT2D eigenvalue weighted by Crippen LogP contribution is -2.40. The highest BCUT2D eigenvalue weighted by Gasteiger charge is 2.29. The van der Waals surface area contributed by atoms with Gasteiger partial charge in [-0.3, -0.25) is 10.1 Å². The number of nitrogens with zero attached hydrogens (tertiary/aromatic N) is 2. The fourth-order valence-corrected chi connectivity index (χ4v) is 5.18. The molecular weight excluding hydrogens is 398 g/mol. The van der Waals surface area contributed by atoms with Gasteiger partial charge >= 0.3 is 0 Å². The zero-order valence-electron chi connectivity index (χ0n) is 14.3. The number of rotatable bonds is 4. The van der Waals surface area contributed by atoms with E-state index < -0.39 is 15.9 Å². The zero-order chi connectivity index (χ0) is 18.9. The van der Waals surface area contributed by atoms with E-state index in [0.717, 1.165) is 10.6 Å². The van der Waals surface area contributed by atoms with Gasteiger partial charge in [0.05, 0.1) is 23.9 Å². The van der Waals surface area contributed by atoms with Crippen LogP contribution in [0.2, 0.25) is 5.02 Å². The number of morpholine rings is 1. The molecule has 1 aromatic heterocycles. The van der Waals surface area contributed by atoms with Crippen molar-refractivity contribution in [2.75, 3.05) is 31.6 Å². The maximum Gasteiger partial charge on any atom is 0.257 e. The molecule has 26 heavy (non-hydrogen) atoms. The molecule has 0 aliphatic carbocycles. The number of ether oxygens (including phenoxy) is 1. The minimum absolute atomic E-state index is 0.0778. The maximum atomic E-state index is 12.8. The first-order valence-corrected chi connectivity index (χ1v) is 10.6. The van der Waals surface area contributed by atoms with Crippen LogP contribution >= 0.6 is 22.9 Å². The average Bonchev–Trinajstić information content (AvgIpc) is 2.93. The molecule has 0 spiro atoms. The molecule has 7 nitrogen and oxygen atoms in total. The fourth-order valence-electron chi connectivity index (χ4n) is 2.46. The monoisotopic (exact) mass is 415 g/mol. The van der Waals surface area contributed by atoms with Crippen LogP contribution in [-0.2, 0) is 14.8 Å². The molecule has 0 bridgehead atoms. The topological polar surface area (TPSA) is 88.6 Å². The van der Waals surface area contributed by atoms with E-state index in [0.29, 0.717) is 18.3 Å². The van der Waals surface area contributed by atoms with Crippen molar-refractivity contribution in [3.05, 3.63) is 39.4 Å². The lowest BCUT2D eigenvalue weighted by atomic mass is 10.2. The smallest absolute Gasteiger partial charge is 0.257 e. The number of thiazole rings is 1. The SMILES string of the molecule is Cc1nc(NC(=O)c2ccc(Cl)c(S(=O)(=O)N3CCOCC3)c2)sc1C. The molecule has 0 radical (unpaired) electrons. The van der Waals surface area contributed by atoms with Gasteiger partial charge in [0.2, 0.25) is 10.0 Å². The molecule has 1 aromatic carbocycles. The molecule has 140 valence electrons. The summed E-state index contributed by atoms with van der Waals surface area (Å²) in [6.07, 6.45) is 0. The van der Waals surface area contributed by atoms with E-state index in [4.69, 9.17) is 16.3 Å². The van der Waals surface area contributed by atoms with Crippen molar-refractivity contribution in [2.24, 2.45) is 0 Å². The highest BCUT2D eigenvalue weighted by Crippen LogP contribution is 2.27. The number of sulfonamides is 1. The lowest BCUT2D eigenvalue weighted by Gasteiger charge is -2.26. The molecule has 1 N–H and O–H groups in total. The number of aryl methyl sites for hydroxylation is 2. The van der Waals surface area contributed by atoms with Crippen LogP contribution in [-0.4, -0.2) is 49.9 Å². The summed E-state index contributed by atoms with van der Waals surface area (Å²) >= 11 is 7.47. The first-order chi connectivity index (χ1) is 12.3. The first kappa shape index (κ1) is 19.2. The van der Waals surface area contributed by atoms with Gasteiger partial charge < -0.3 is 4.74 Å². The van der Waals surface area contributed by atoms with Crippen LogP contribution < -0.4 is 5.32 Å². The molecular formula is C16H18ClN3O4S2. The van der Waals surface area contributed by atoms with E-state index in [2.05, 4.69) is 10.3 Å². The zero-order valence-corrected chi connectivity index (χ0v) is 16.7. The fraction of sp³-hybridized carbons (Fsp3) is 0.375. The molecule has 1 saturated heterocycles. The molecule has 10 heteroatoms. The van der Waals surface area contributed by atoms with Crippen molar-refractivity contribution in [3.8, 4) is 0 Å². The summed E-state index contributed by atoms with van der Waals surface area (Å²) in [6.45, 7) is 4.95. The van der Waals surface area contributed by atoms with Gasteiger partial charge in [0.1, 0.15) is 4.90 Å². The Morgan fingerprint density at radius 2 is 2.00 bits per heavy atom. The van der Waals surface area contributed by atoms with Crippen molar-refractivity contribution in [3.63, 3.8) is 0 Å². The van der Waals surface area contributed by atoms with Crippen molar-refractivity contribution >= 4 is 44.0 Å². The van der Waals surface area contributed by atoms with E-state index in [1.54, 1.807) is 0 Å². The quantitative estimate of drug-likeness (QED) is 0.829. The number of amides is 1. The van der Waals surface area contributed by atoms with Crippen LogP contribution in [0.15, 0.2) is 23.1 Å². The predicted octanol–water partition coefficient (Wildman–Crippen LogP) is 2.69. The lowest BCUT2D eigenvalue weighted by molar-refractivity contribution is 0.0730. The number of aromatic nitrogens is 1. The Bertz CT molecular complexity index is 917. The number of carbonyl (C=O) groups excluding carboxylic acids is 1. The highest BCUT2D eigenvalue weighted by molar-refractivity contribution is 7.89. The largest absolute Gasteiger partial charge is 0.379 e. The summed E-state index contributed by atoms with van der Waals surface area (Å²) in [7, 11) is -3.80. The van der Waals surface area contributed by atoms with E-state index in [-0.39, 0.29) is 28.6 Å². The Balaban J connectivity index is 1.88. The van der Waals surface area contributed by atoms with Gasteiger partial charge in [-0.25, -0.2) is 13.4 Å². The van der Waals surface area contributed by atoms with Crippen LogP contribution in [0.25, 0.3) is 0 Å². The molecule has 2 aromatic rings. The predicted molar refractivity (Wildman–Crippen MR) is 101 cm³/mol. The Kier molecular flexibility index (Phi) is 5.64. The van der Waals surface area contributed by atoms with Crippen LogP contribution in [0.1, 0.15) is 20.9 Å². The second kappa shape index (κ2) is 7.61. The summed E-state index contributed by atoms with van der Waals surface area (Å²) < 4.78 is 32.2. The maximum absolute atomic E-state index is 12.8. The Morgan fingerprint density at radius 3 is 2.62 bits per heavy atom. The molecule has 0 saturated carbocycles. The van der Waals surface area contributed by atoms with Crippen LogP contribution in [0, 0.1) is 13.8 Å².